The van der Waals surface area contributed by atoms with E-state index in [1.165, 1.54) is 18.2 Å². The minimum absolute atomic E-state index is 0.0223. The Bertz CT molecular complexity index is 1110. The first-order valence-electron chi connectivity index (χ1n) is 9.68. The summed E-state index contributed by atoms with van der Waals surface area (Å²) in [7, 11) is 0. The predicted octanol–water partition coefficient (Wildman–Crippen LogP) is 2.37. The maximum atomic E-state index is 13.3. The Hall–Kier alpha value is -3.11. The number of carbonyl (C=O) groups excluding carboxylic acids is 1. The van der Waals surface area contributed by atoms with Gasteiger partial charge in [-0.3, -0.25) is 4.79 Å². The van der Waals surface area contributed by atoms with E-state index in [0.29, 0.717) is 53.8 Å². The van der Waals surface area contributed by atoms with E-state index in [2.05, 4.69) is 5.16 Å². The Kier molecular flexibility index (Phi) is 5.84. The number of aromatic hydroxyl groups is 1. The smallest absolute Gasteiger partial charge is 0.259 e. The summed E-state index contributed by atoms with van der Waals surface area (Å²) in [5.41, 5.74) is 1.94. The van der Waals surface area contributed by atoms with Gasteiger partial charge < -0.3 is 24.6 Å². The number of phenols is 1. The van der Waals surface area contributed by atoms with E-state index in [1.54, 1.807) is 36.1 Å². The summed E-state index contributed by atoms with van der Waals surface area (Å²) in [5, 5.41) is 33.7. The van der Waals surface area contributed by atoms with E-state index in [-0.39, 0.29) is 17.3 Å². The molecule has 10 heteroatoms. The van der Waals surface area contributed by atoms with Gasteiger partial charge in [-0.2, -0.15) is 5.23 Å². The number of piperazine rings is 1. The molecule has 9 nitrogen and oxygen atoms in total. The fourth-order valence-corrected chi connectivity index (χ4v) is 3.99. The van der Waals surface area contributed by atoms with Crippen LogP contribution in [0.1, 0.15) is 16.1 Å². The number of para-hydroxylation sites is 1. The van der Waals surface area contributed by atoms with E-state index in [4.69, 9.17) is 21.3 Å². The molecule has 1 atom stereocenters. The van der Waals surface area contributed by atoms with E-state index in [0.717, 1.165) is 5.69 Å². The third-order valence-electron chi connectivity index (χ3n) is 5.34. The number of carbonyl (C=O) groups is 1. The first kappa shape index (κ1) is 21.1. The van der Waals surface area contributed by atoms with Crippen LogP contribution < -0.4 is 10.1 Å². The molecule has 3 N–H and O–H groups in total. The van der Waals surface area contributed by atoms with E-state index < -0.39 is 5.23 Å². The van der Waals surface area contributed by atoms with Crippen molar-refractivity contribution in [3.05, 3.63) is 64.0 Å². The Labute approximate surface area is 183 Å². The van der Waals surface area contributed by atoms with Gasteiger partial charge in [-0.15, -0.1) is 0 Å². The summed E-state index contributed by atoms with van der Waals surface area (Å²) in [6, 6.07) is 11.3. The zero-order chi connectivity index (χ0) is 22.1. The van der Waals surface area contributed by atoms with Crippen LogP contribution in [0.25, 0.3) is 11.3 Å². The van der Waals surface area contributed by atoms with Gasteiger partial charge >= 0.3 is 0 Å². The lowest BCUT2D eigenvalue weighted by Crippen LogP contribution is -2.99. The van der Waals surface area contributed by atoms with Crippen molar-refractivity contribution in [1.29, 1.82) is 0 Å². The van der Waals surface area contributed by atoms with Gasteiger partial charge in [0.1, 0.15) is 22.8 Å². The monoisotopic (exact) mass is 444 g/mol. The lowest BCUT2D eigenvalue weighted by atomic mass is 10.0. The molecule has 2 heterocycles. The minimum atomic E-state index is -1.03. The molecule has 1 fully saturated rings. The average molecular weight is 445 g/mol. The molecule has 1 aromatic heterocycles. The topological polar surface area (TPSA) is 118 Å². The molecular weight excluding hydrogens is 424 g/mol. The third-order valence-corrected chi connectivity index (χ3v) is 5.64. The average Bonchev–Trinajstić information content (AvgIpc) is 3.14. The second-order valence-electron chi connectivity index (χ2n) is 7.23. The van der Waals surface area contributed by atoms with Crippen molar-refractivity contribution in [3.63, 3.8) is 0 Å². The molecule has 1 saturated heterocycles. The van der Waals surface area contributed by atoms with Crippen LogP contribution >= 0.6 is 11.6 Å². The van der Waals surface area contributed by atoms with Gasteiger partial charge in [0.2, 0.25) is 0 Å². The van der Waals surface area contributed by atoms with Gasteiger partial charge in [0, 0.05) is 43.9 Å². The number of quaternary nitrogens is 1. The number of benzene rings is 2. The van der Waals surface area contributed by atoms with Crippen LogP contribution in [0.3, 0.4) is 0 Å². The van der Waals surface area contributed by atoms with Crippen LogP contribution in [0.15, 0.2) is 47.0 Å². The van der Waals surface area contributed by atoms with Gasteiger partial charge in [0.05, 0.1) is 10.7 Å². The van der Waals surface area contributed by atoms with Gasteiger partial charge in [-0.25, -0.2) is 5.21 Å². The van der Waals surface area contributed by atoms with Crippen LogP contribution in [0.5, 0.6) is 5.75 Å². The van der Waals surface area contributed by atoms with Crippen molar-refractivity contribution in [1.82, 2.24) is 10.1 Å². The number of nitrogens with zero attached hydrogens (tertiary/aromatic N) is 3. The zero-order valence-corrected chi connectivity index (χ0v) is 17.5. The number of phenolic OH excluding ortho intramolecular Hbond substituents is 1. The Morgan fingerprint density at radius 3 is 2.55 bits per heavy atom. The molecule has 162 valence electrons. The fraction of sp³-hybridized carbons (Fsp3) is 0.238. The maximum absolute atomic E-state index is 13.3. The van der Waals surface area contributed by atoms with Crippen molar-refractivity contribution in [2.24, 2.45) is 0 Å². The molecule has 1 amide bonds. The van der Waals surface area contributed by atoms with Crippen LogP contribution in [0.4, 0.5) is 11.4 Å². The number of hydrogen-bond donors (Lipinski definition) is 3. The molecule has 0 saturated carbocycles. The molecule has 1 aliphatic heterocycles. The fourth-order valence-electron chi connectivity index (χ4n) is 3.69. The Morgan fingerprint density at radius 2 is 1.90 bits per heavy atom. The number of halogens is 1. The van der Waals surface area contributed by atoms with Crippen molar-refractivity contribution in [3.8, 4) is 17.0 Å². The molecule has 4 rings (SSSR count). The number of hydrogen-bond acceptors (Lipinski definition) is 7. The number of nitrogens with one attached hydrogen (secondary N) is 1. The summed E-state index contributed by atoms with van der Waals surface area (Å²) in [4.78, 5) is 17.0. The normalized spacial score (nSPS) is 15.2. The van der Waals surface area contributed by atoms with Crippen LogP contribution in [0.2, 0.25) is 5.02 Å². The largest absolute Gasteiger partial charge is 0.595 e. The Balaban J connectivity index is 1.51. The number of rotatable bonds is 4. The Morgan fingerprint density at radius 1 is 1.19 bits per heavy atom. The number of aryl methyl sites for hydroxylation is 1. The molecule has 3 aromatic rings. The second-order valence-corrected chi connectivity index (χ2v) is 7.64. The van der Waals surface area contributed by atoms with E-state index in [1.807, 2.05) is 4.90 Å². The van der Waals surface area contributed by atoms with Crippen molar-refractivity contribution >= 4 is 28.9 Å². The van der Waals surface area contributed by atoms with E-state index in [9.17, 15) is 15.1 Å². The molecule has 2 aromatic carbocycles. The highest BCUT2D eigenvalue weighted by molar-refractivity contribution is 6.33. The molecule has 0 spiro atoms. The lowest BCUT2D eigenvalue weighted by molar-refractivity contribution is -0.991. The molecule has 1 unspecified atom stereocenters. The molecule has 31 heavy (non-hydrogen) atoms. The summed E-state index contributed by atoms with van der Waals surface area (Å²) in [6.07, 6.45) is 0. The molecular formula is C21H21ClN4O5. The first-order chi connectivity index (χ1) is 14.9. The summed E-state index contributed by atoms with van der Waals surface area (Å²) in [6.45, 7) is 3.63. The quantitative estimate of drug-likeness (QED) is 0.529. The molecule has 0 aliphatic carbocycles. The highest BCUT2D eigenvalue weighted by Crippen LogP contribution is 2.33. The highest BCUT2D eigenvalue weighted by atomic mass is 35.5. The van der Waals surface area contributed by atoms with Crippen LogP contribution in [-0.4, -0.2) is 52.5 Å². The van der Waals surface area contributed by atoms with Gasteiger partial charge in [0.15, 0.2) is 5.69 Å². The van der Waals surface area contributed by atoms with Crippen LogP contribution in [0, 0.1) is 12.1 Å². The lowest BCUT2D eigenvalue weighted by Gasteiger charge is -2.36. The summed E-state index contributed by atoms with van der Waals surface area (Å²) < 4.78 is 5.27. The van der Waals surface area contributed by atoms with Gasteiger partial charge in [0.25, 0.3) is 5.91 Å². The second kappa shape index (κ2) is 8.56. The third kappa shape index (κ3) is 4.08. The SMILES string of the molecule is Cc1onc(-c2ccccc2O)c1C(=O)N1CCN(c2ccc([NH+]([O-])O)cc2Cl)CC1. The van der Waals surface area contributed by atoms with Crippen LogP contribution in [-0.2, 0) is 0 Å². The predicted molar refractivity (Wildman–Crippen MR) is 114 cm³/mol. The van der Waals surface area contributed by atoms with Crippen molar-refractivity contribution in [2.45, 2.75) is 6.92 Å². The number of anilines is 1. The molecule has 0 radical (unpaired) electrons. The summed E-state index contributed by atoms with van der Waals surface area (Å²) >= 11 is 6.28. The zero-order valence-electron chi connectivity index (χ0n) is 16.7. The van der Waals surface area contributed by atoms with Crippen molar-refractivity contribution < 1.29 is 24.9 Å². The minimum Gasteiger partial charge on any atom is -0.595 e. The number of amides is 1. The van der Waals surface area contributed by atoms with Gasteiger partial charge in [-0.05, 0) is 25.1 Å². The van der Waals surface area contributed by atoms with E-state index >= 15 is 0 Å². The standard InChI is InChI=1S/C21H21ClN4O5/c1-13-19(20(23-31-13)15-4-2-3-5-18(15)27)21(28)25-10-8-24(9-11-25)17-7-6-14(26(29)30)12-16(17)22/h2-7,12,26-27,29H,8-11H2,1H3. The van der Waals surface area contributed by atoms with Crippen molar-refractivity contribution in [2.75, 3.05) is 31.1 Å². The number of aromatic nitrogens is 1. The van der Waals surface area contributed by atoms with Gasteiger partial charge in [-0.1, -0.05) is 28.9 Å². The molecule has 1 aliphatic rings. The molecule has 0 bridgehead atoms. The maximum Gasteiger partial charge on any atom is 0.259 e. The highest BCUT2D eigenvalue weighted by Gasteiger charge is 2.30. The summed E-state index contributed by atoms with van der Waals surface area (Å²) in [5.74, 6) is 0.191. The first-order valence-corrected chi connectivity index (χ1v) is 10.1.